The van der Waals surface area contributed by atoms with Crippen molar-refractivity contribution < 1.29 is 17.9 Å². The predicted octanol–water partition coefficient (Wildman–Crippen LogP) is 2.08. The lowest BCUT2D eigenvalue weighted by molar-refractivity contribution is -0.177. The normalized spacial score (nSPS) is 17.1. The van der Waals surface area contributed by atoms with Crippen molar-refractivity contribution in [1.82, 2.24) is 0 Å². The maximum absolute atomic E-state index is 11.7. The number of hydrogen-bond acceptors (Lipinski definition) is 2. The summed E-state index contributed by atoms with van der Waals surface area (Å²) < 4.78 is 39.4. The molecule has 0 amide bonds. The van der Waals surface area contributed by atoms with E-state index in [9.17, 15) is 13.2 Å². The van der Waals surface area contributed by atoms with Crippen molar-refractivity contribution in [3.05, 3.63) is 0 Å². The highest BCUT2D eigenvalue weighted by Crippen LogP contribution is 2.16. The first-order chi connectivity index (χ1) is 5.77. The first kappa shape index (κ1) is 12.7. The molecule has 2 nitrogen and oxygen atoms in total. The predicted molar refractivity (Wildman–Crippen MR) is 44.4 cm³/mol. The van der Waals surface area contributed by atoms with Gasteiger partial charge in [0.05, 0.1) is 6.61 Å². The van der Waals surface area contributed by atoms with E-state index in [-0.39, 0.29) is 6.61 Å². The number of ether oxygens (including phenoxy) is 1. The van der Waals surface area contributed by atoms with Crippen molar-refractivity contribution in [2.24, 2.45) is 5.73 Å². The van der Waals surface area contributed by atoms with E-state index in [1.165, 1.54) is 0 Å². The molecule has 0 rings (SSSR count). The van der Waals surface area contributed by atoms with E-state index in [0.29, 0.717) is 6.42 Å². The summed E-state index contributed by atoms with van der Waals surface area (Å²) in [6, 6.07) is 0. The molecule has 0 aliphatic rings. The number of halogens is 3. The zero-order valence-corrected chi connectivity index (χ0v) is 7.95. The van der Waals surface area contributed by atoms with Gasteiger partial charge in [-0.25, -0.2) is 0 Å². The van der Waals surface area contributed by atoms with Crippen LogP contribution in [0, 0.1) is 0 Å². The maximum Gasteiger partial charge on any atom is 0.411 e. The van der Waals surface area contributed by atoms with E-state index < -0.39 is 18.3 Å². The summed E-state index contributed by atoms with van der Waals surface area (Å²) in [5, 5.41) is 0. The topological polar surface area (TPSA) is 35.2 Å². The third-order valence-electron chi connectivity index (χ3n) is 1.52. The van der Waals surface area contributed by atoms with Crippen LogP contribution >= 0.6 is 0 Å². The highest BCUT2D eigenvalue weighted by Gasteiger charge is 2.29. The van der Waals surface area contributed by atoms with Crippen LogP contribution in [-0.2, 0) is 4.74 Å². The zero-order chi connectivity index (χ0) is 10.5. The molecule has 0 aliphatic heterocycles. The minimum absolute atomic E-state index is 0.0552. The molecule has 13 heavy (non-hydrogen) atoms. The van der Waals surface area contributed by atoms with E-state index >= 15 is 0 Å². The van der Waals surface area contributed by atoms with Crippen LogP contribution in [0.15, 0.2) is 0 Å². The summed E-state index contributed by atoms with van der Waals surface area (Å²) in [4.78, 5) is 0. The zero-order valence-electron chi connectivity index (χ0n) is 7.95. The Morgan fingerprint density at radius 1 is 1.23 bits per heavy atom. The summed E-state index contributed by atoms with van der Waals surface area (Å²) in [5.74, 6) is 0. The van der Waals surface area contributed by atoms with Crippen molar-refractivity contribution in [3.8, 4) is 0 Å². The SMILES string of the molecule is CCCC(C)(N)COCC(F)(F)F. The molecule has 0 radical (unpaired) electrons. The fraction of sp³-hybridized carbons (Fsp3) is 1.00. The fourth-order valence-corrected chi connectivity index (χ4v) is 1.04. The minimum Gasteiger partial charge on any atom is -0.370 e. The monoisotopic (exact) mass is 199 g/mol. The average molecular weight is 199 g/mol. The van der Waals surface area contributed by atoms with Gasteiger partial charge in [-0.3, -0.25) is 0 Å². The Balaban J connectivity index is 3.63. The van der Waals surface area contributed by atoms with Gasteiger partial charge in [-0.15, -0.1) is 0 Å². The van der Waals surface area contributed by atoms with Crippen LogP contribution in [0.5, 0.6) is 0 Å². The molecule has 0 fully saturated rings. The standard InChI is InChI=1S/C8H16F3NO/c1-3-4-7(2,12)5-13-6-8(9,10)11/h3-6,12H2,1-2H3. The molecule has 1 unspecified atom stereocenters. The van der Waals surface area contributed by atoms with Crippen molar-refractivity contribution in [3.63, 3.8) is 0 Å². The van der Waals surface area contributed by atoms with Gasteiger partial charge in [-0.2, -0.15) is 13.2 Å². The van der Waals surface area contributed by atoms with E-state index in [4.69, 9.17) is 5.73 Å². The Morgan fingerprint density at radius 2 is 1.77 bits per heavy atom. The van der Waals surface area contributed by atoms with Gasteiger partial charge < -0.3 is 10.5 Å². The fourth-order valence-electron chi connectivity index (χ4n) is 1.04. The molecule has 0 aliphatic carbocycles. The Bertz CT molecular complexity index is 145. The Labute approximate surface area is 76.2 Å². The molecule has 0 saturated carbocycles. The summed E-state index contributed by atoms with van der Waals surface area (Å²) in [7, 11) is 0. The highest BCUT2D eigenvalue weighted by molar-refractivity contribution is 4.77. The lowest BCUT2D eigenvalue weighted by Gasteiger charge is -2.23. The lowest BCUT2D eigenvalue weighted by Crippen LogP contribution is -2.41. The van der Waals surface area contributed by atoms with Crippen LogP contribution in [0.1, 0.15) is 26.7 Å². The van der Waals surface area contributed by atoms with E-state index in [1.807, 2.05) is 6.92 Å². The lowest BCUT2D eigenvalue weighted by atomic mass is 9.99. The van der Waals surface area contributed by atoms with Gasteiger partial charge in [-0.1, -0.05) is 13.3 Å². The molecule has 0 saturated heterocycles. The van der Waals surface area contributed by atoms with Crippen LogP contribution in [0.25, 0.3) is 0 Å². The summed E-state index contributed by atoms with van der Waals surface area (Å²) >= 11 is 0. The molecule has 0 aromatic carbocycles. The Kier molecular flexibility index (Phi) is 4.70. The van der Waals surface area contributed by atoms with Gasteiger partial charge in [0, 0.05) is 5.54 Å². The van der Waals surface area contributed by atoms with Crippen LogP contribution in [0.4, 0.5) is 13.2 Å². The molecule has 5 heteroatoms. The Hall–Kier alpha value is -0.290. The highest BCUT2D eigenvalue weighted by atomic mass is 19.4. The molecule has 0 aromatic rings. The quantitative estimate of drug-likeness (QED) is 0.735. The molecular weight excluding hydrogens is 183 g/mol. The van der Waals surface area contributed by atoms with Gasteiger partial charge >= 0.3 is 6.18 Å². The number of hydrogen-bond donors (Lipinski definition) is 1. The van der Waals surface area contributed by atoms with E-state index in [1.54, 1.807) is 6.92 Å². The van der Waals surface area contributed by atoms with Crippen LogP contribution in [-0.4, -0.2) is 24.9 Å². The molecule has 0 aromatic heterocycles. The van der Waals surface area contributed by atoms with Gasteiger partial charge in [-0.05, 0) is 13.3 Å². The second kappa shape index (κ2) is 4.81. The van der Waals surface area contributed by atoms with Gasteiger partial charge in [0.15, 0.2) is 0 Å². The first-order valence-corrected chi connectivity index (χ1v) is 4.20. The first-order valence-electron chi connectivity index (χ1n) is 4.20. The van der Waals surface area contributed by atoms with Crippen LogP contribution in [0.3, 0.4) is 0 Å². The molecule has 0 spiro atoms. The Morgan fingerprint density at radius 3 is 2.15 bits per heavy atom. The molecular formula is C8H16F3NO. The third kappa shape index (κ3) is 8.05. The molecule has 1 atom stereocenters. The maximum atomic E-state index is 11.7. The van der Waals surface area contributed by atoms with Gasteiger partial charge in [0.2, 0.25) is 0 Å². The molecule has 80 valence electrons. The van der Waals surface area contributed by atoms with Crippen molar-refractivity contribution in [2.75, 3.05) is 13.2 Å². The summed E-state index contributed by atoms with van der Waals surface area (Å²) in [6.07, 6.45) is -2.77. The second-order valence-corrected chi connectivity index (χ2v) is 3.51. The number of rotatable bonds is 5. The number of alkyl halides is 3. The van der Waals surface area contributed by atoms with Gasteiger partial charge in [0.1, 0.15) is 6.61 Å². The smallest absolute Gasteiger partial charge is 0.370 e. The van der Waals surface area contributed by atoms with Crippen molar-refractivity contribution in [2.45, 2.75) is 38.4 Å². The van der Waals surface area contributed by atoms with E-state index in [0.717, 1.165) is 6.42 Å². The van der Waals surface area contributed by atoms with Gasteiger partial charge in [0.25, 0.3) is 0 Å². The van der Waals surface area contributed by atoms with Crippen molar-refractivity contribution >= 4 is 0 Å². The molecule has 2 N–H and O–H groups in total. The molecule has 0 heterocycles. The van der Waals surface area contributed by atoms with E-state index in [2.05, 4.69) is 4.74 Å². The number of nitrogens with two attached hydrogens (primary N) is 1. The second-order valence-electron chi connectivity index (χ2n) is 3.51. The minimum atomic E-state index is -4.26. The van der Waals surface area contributed by atoms with Crippen LogP contribution < -0.4 is 5.73 Å². The summed E-state index contributed by atoms with van der Waals surface area (Å²) in [6.45, 7) is 2.34. The molecule has 0 bridgehead atoms. The average Bonchev–Trinajstić information content (AvgIpc) is 1.82. The summed E-state index contributed by atoms with van der Waals surface area (Å²) in [5.41, 5.74) is 5.01. The third-order valence-corrected chi connectivity index (χ3v) is 1.52. The largest absolute Gasteiger partial charge is 0.411 e. The van der Waals surface area contributed by atoms with Crippen molar-refractivity contribution in [1.29, 1.82) is 0 Å². The van der Waals surface area contributed by atoms with Crippen LogP contribution in [0.2, 0.25) is 0 Å².